The van der Waals surface area contributed by atoms with E-state index >= 15 is 0 Å². The van der Waals surface area contributed by atoms with E-state index in [9.17, 15) is 0 Å². The van der Waals surface area contributed by atoms with E-state index in [1.807, 2.05) is 0 Å². The molecule has 0 bridgehead atoms. The molecule has 19 heavy (non-hydrogen) atoms. The van der Waals surface area contributed by atoms with Crippen LogP contribution in [0.1, 0.15) is 52.4 Å². The molecule has 1 aliphatic heterocycles. The van der Waals surface area contributed by atoms with Crippen LogP contribution in [0.25, 0.3) is 0 Å². The molecule has 3 heteroatoms. The minimum Gasteiger partial charge on any atom is -0.377 e. The topological polar surface area (TPSA) is 24.5 Å². The molecule has 1 heterocycles. The number of hydrogen-bond donors (Lipinski definition) is 1. The number of nitrogens with one attached hydrogen (secondary N) is 1. The van der Waals surface area contributed by atoms with Gasteiger partial charge in [-0.05, 0) is 44.7 Å². The van der Waals surface area contributed by atoms with Gasteiger partial charge in [0.25, 0.3) is 0 Å². The van der Waals surface area contributed by atoms with Crippen LogP contribution in [-0.4, -0.2) is 49.8 Å². The highest BCUT2D eigenvalue weighted by atomic mass is 16.5. The smallest absolute Gasteiger partial charge is 0.0702 e. The molecule has 0 aromatic heterocycles. The summed E-state index contributed by atoms with van der Waals surface area (Å²) in [6, 6.07) is 0.689. The van der Waals surface area contributed by atoms with Crippen LogP contribution in [0.4, 0.5) is 0 Å². The summed E-state index contributed by atoms with van der Waals surface area (Å²) < 4.78 is 5.79. The molecule has 1 saturated carbocycles. The molecule has 0 radical (unpaired) electrons. The third-order valence-corrected chi connectivity index (χ3v) is 4.82. The monoisotopic (exact) mass is 268 g/mol. The molecule has 1 saturated heterocycles. The molecule has 0 aromatic rings. The van der Waals surface area contributed by atoms with Gasteiger partial charge in [-0.25, -0.2) is 0 Å². The summed E-state index contributed by atoms with van der Waals surface area (Å²) in [5.41, 5.74) is 0. The van der Waals surface area contributed by atoms with Crippen molar-refractivity contribution in [2.45, 2.75) is 64.5 Å². The van der Waals surface area contributed by atoms with Crippen LogP contribution in [0.2, 0.25) is 0 Å². The molecule has 3 nitrogen and oxygen atoms in total. The first-order chi connectivity index (χ1) is 9.33. The van der Waals surface area contributed by atoms with Gasteiger partial charge in [-0.3, -0.25) is 4.90 Å². The van der Waals surface area contributed by atoms with E-state index in [0.29, 0.717) is 12.1 Å². The largest absolute Gasteiger partial charge is 0.377 e. The predicted octanol–water partition coefficient (Wildman–Crippen LogP) is 2.66. The second kappa shape index (κ2) is 8.23. The van der Waals surface area contributed by atoms with Crippen molar-refractivity contribution in [2.75, 3.05) is 32.8 Å². The summed E-state index contributed by atoms with van der Waals surface area (Å²) >= 11 is 0. The van der Waals surface area contributed by atoms with Crippen LogP contribution >= 0.6 is 0 Å². The minimum atomic E-state index is 0.491. The fourth-order valence-corrected chi connectivity index (χ4v) is 3.69. The zero-order valence-electron chi connectivity index (χ0n) is 12.9. The Kier molecular flexibility index (Phi) is 6.62. The Morgan fingerprint density at radius 3 is 2.53 bits per heavy atom. The van der Waals surface area contributed by atoms with Crippen LogP contribution in [0.3, 0.4) is 0 Å². The highest BCUT2D eigenvalue weighted by molar-refractivity contribution is 4.84. The minimum absolute atomic E-state index is 0.491. The molecule has 1 N–H and O–H groups in total. The van der Waals surface area contributed by atoms with E-state index < -0.39 is 0 Å². The second-order valence-corrected chi connectivity index (χ2v) is 6.20. The van der Waals surface area contributed by atoms with Crippen LogP contribution in [0.5, 0.6) is 0 Å². The third-order valence-electron chi connectivity index (χ3n) is 4.82. The lowest BCUT2D eigenvalue weighted by Crippen LogP contribution is -2.46. The van der Waals surface area contributed by atoms with Crippen molar-refractivity contribution in [3.05, 3.63) is 0 Å². The molecule has 2 atom stereocenters. The van der Waals surface area contributed by atoms with Crippen molar-refractivity contribution in [1.82, 2.24) is 10.2 Å². The number of nitrogens with zero attached hydrogens (tertiary/aromatic N) is 1. The normalized spacial score (nSPS) is 26.4. The van der Waals surface area contributed by atoms with Crippen molar-refractivity contribution in [3.63, 3.8) is 0 Å². The average molecular weight is 268 g/mol. The number of ether oxygens (including phenoxy) is 1. The standard InChI is InChI=1S/C16H32N2O/c1-3-17-16(14-8-5-6-9-14)13-18(4-2)12-15-10-7-11-19-15/h14-17H,3-13H2,1-2H3. The van der Waals surface area contributed by atoms with E-state index in [1.54, 1.807) is 0 Å². The van der Waals surface area contributed by atoms with Crippen molar-refractivity contribution in [2.24, 2.45) is 5.92 Å². The molecule has 0 amide bonds. The van der Waals surface area contributed by atoms with Gasteiger partial charge in [-0.1, -0.05) is 26.7 Å². The second-order valence-electron chi connectivity index (χ2n) is 6.20. The molecule has 2 unspecified atom stereocenters. The summed E-state index contributed by atoms with van der Waals surface area (Å²) in [4.78, 5) is 2.60. The Hall–Kier alpha value is -0.120. The Morgan fingerprint density at radius 1 is 1.16 bits per heavy atom. The van der Waals surface area contributed by atoms with Gasteiger partial charge in [0.2, 0.25) is 0 Å². The summed E-state index contributed by atoms with van der Waals surface area (Å²) in [7, 11) is 0. The first-order valence-electron chi connectivity index (χ1n) is 8.40. The molecule has 2 fully saturated rings. The van der Waals surface area contributed by atoms with Gasteiger partial charge in [-0.15, -0.1) is 0 Å². The molecular weight excluding hydrogens is 236 g/mol. The molecule has 0 spiro atoms. The highest BCUT2D eigenvalue weighted by Crippen LogP contribution is 2.28. The van der Waals surface area contributed by atoms with E-state index in [1.165, 1.54) is 45.1 Å². The Bertz CT molecular complexity index is 235. The van der Waals surface area contributed by atoms with Gasteiger partial charge in [-0.2, -0.15) is 0 Å². The van der Waals surface area contributed by atoms with Crippen LogP contribution in [0.15, 0.2) is 0 Å². The Morgan fingerprint density at radius 2 is 1.95 bits per heavy atom. The summed E-state index contributed by atoms with van der Waals surface area (Å²) in [6.07, 6.45) is 8.72. The fourth-order valence-electron chi connectivity index (χ4n) is 3.69. The fraction of sp³-hybridized carbons (Fsp3) is 1.00. The Labute approximate surface area is 119 Å². The molecule has 1 aliphatic carbocycles. The Balaban J connectivity index is 1.81. The first kappa shape index (κ1) is 15.3. The lowest BCUT2D eigenvalue weighted by atomic mass is 9.97. The zero-order chi connectivity index (χ0) is 13.5. The van der Waals surface area contributed by atoms with Crippen LogP contribution in [-0.2, 0) is 4.74 Å². The number of hydrogen-bond acceptors (Lipinski definition) is 3. The van der Waals surface area contributed by atoms with Gasteiger partial charge in [0.05, 0.1) is 6.10 Å². The molecule has 2 rings (SSSR count). The zero-order valence-corrected chi connectivity index (χ0v) is 12.9. The SMILES string of the molecule is CCNC(CN(CC)CC1CCCO1)C1CCCC1. The molecule has 2 aliphatic rings. The van der Waals surface area contributed by atoms with Crippen molar-refractivity contribution in [3.8, 4) is 0 Å². The van der Waals surface area contributed by atoms with Gasteiger partial charge in [0.1, 0.15) is 0 Å². The van der Waals surface area contributed by atoms with Crippen molar-refractivity contribution in [1.29, 1.82) is 0 Å². The van der Waals surface area contributed by atoms with Crippen molar-refractivity contribution >= 4 is 0 Å². The first-order valence-corrected chi connectivity index (χ1v) is 8.40. The van der Waals surface area contributed by atoms with Crippen LogP contribution in [0, 0.1) is 5.92 Å². The maximum Gasteiger partial charge on any atom is 0.0702 e. The summed E-state index contributed by atoms with van der Waals surface area (Å²) in [5.74, 6) is 0.901. The quantitative estimate of drug-likeness (QED) is 0.732. The van der Waals surface area contributed by atoms with Crippen molar-refractivity contribution < 1.29 is 4.74 Å². The lowest BCUT2D eigenvalue weighted by Gasteiger charge is -2.32. The van der Waals surface area contributed by atoms with Crippen LogP contribution < -0.4 is 5.32 Å². The summed E-state index contributed by atoms with van der Waals surface area (Å²) in [6.45, 7) is 10.1. The highest BCUT2D eigenvalue weighted by Gasteiger charge is 2.27. The number of rotatable bonds is 8. The summed E-state index contributed by atoms with van der Waals surface area (Å²) in [5, 5.41) is 3.73. The molecule has 0 aromatic carbocycles. The molecule has 112 valence electrons. The maximum absolute atomic E-state index is 5.79. The number of likely N-dealkylation sites (N-methyl/N-ethyl adjacent to an activating group) is 2. The van der Waals surface area contributed by atoms with Gasteiger partial charge < -0.3 is 10.1 Å². The van der Waals surface area contributed by atoms with E-state index in [2.05, 4.69) is 24.1 Å². The molecular formula is C16H32N2O. The predicted molar refractivity (Wildman–Crippen MR) is 80.5 cm³/mol. The van der Waals surface area contributed by atoms with E-state index in [4.69, 9.17) is 4.74 Å². The van der Waals surface area contributed by atoms with Gasteiger partial charge >= 0.3 is 0 Å². The maximum atomic E-state index is 5.79. The van der Waals surface area contributed by atoms with Gasteiger partial charge in [0.15, 0.2) is 0 Å². The van der Waals surface area contributed by atoms with E-state index in [0.717, 1.165) is 32.2 Å². The van der Waals surface area contributed by atoms with E-state index in [-0.39, 0.29) is 0 Å². The lowest BCUT2D eigenvalue weighted by molar-refractivity contribution is 0.0687. The average Bonchev–Trinajstić information content (AvgIpc) is 3.10. The third kappa shape index (κ3) is 4.73. The van der Waals surface area contributed by atoms with Gasteiger partial charge in [0, 0.05) is 25.7 Å².